The van der Waals surface area contributed by atoms with E-state index in [0.29, 0.717) is 26.3 Å². The highest BCUT2D eigenvalue weighted by Gasteiger charge is 2.17. The van der Waals surface area contributed by atoms with Gasteiger partial charge in [0.15, 0.2) is 0 Å². The van der Waals surface area contributed by atoms with Crippen LogP contribution < -0.4 is 0 Å². The highest BCUT2D eigenvalue weighted by molar-refractivity contribution is 14.1. The molecule has 5 nitrogen and oxygen atoms in total. The van der Waals surface area contributed by atoms with E-state index >= 15 is 0 Å². The molecule has 0 saturated heterocycles. The Hall–Kier alpha value is -0.460. The fourth-order valence-corrected chi connectivity index (χ4v) is 4.53. The summed E-state index contributed by atoms with van der Waals surface area (Å²) in [6.45, 7) is 3.98. The Balaban J connectivity index is 1.87. The fraction of sp³-hybridized carbons (Fsp3) is 0.429. The zero-order chi connectivity index (χ0) is 20.1. The van der Waals surface area contributed by atoms with Crippen molar-refractivity contribution in [3.63, 3.8) is 0 Å². The van der Waals surface area contributed by atoms with Crippen LogP contribution in [0.25, 0.3) is 21.8 Å². The Morgan fingerprint density at radius 2 is 1.43 bits per heavy atom. The average Bonchev–Trinajstić information content (AvgIpc) is 2.96. The summed E-state index contributed by atoms with van der Waals surface area (Å²) < 4.78 is 15.1. The highest BCUT2D eigenvalue weighted by atomic mass is 127. The molecule has 0 unspecified atom stereocenters. The Labute approximate surface area is 193 Å². The second kappa shape index (κ2) is 10.5. The molecule has 1 N–H and O–H groups in total. The number of halogens is 2. The molecule has 28 heavy (non-hydrogen) atoms. The van der Waals surface area contributed by atoms with E-state index in [1.807, 2.05) is 0 Å². The highest BCUT2D eigenvalue weighted by Crippen LogP contribution is 2.31. The van der Waals surface area contributed by atoms with Crippen molar-refractivity contribution in [3.05, 3.63) is 43.5 Å². The van der Waals surface area contributed by atoms with Gasteiger partial charge in [-0.05, 0) is 81.6 Å². The predicted molar refractivity (Wildman–Crippen MR) is 131 cm³/mol. The first kappa shape index (κ1) is 22.2. The number of aromatic nitrogens is 1. The Kier molecular flexibility index (Phi) is 8.36. The maximum absolute atomic E-state index is 10.9. The standard InChI is InChI=1S/C21H26I2N2O3/c1-27-9-7-24(8-10-28-2)13-17(26)14-25-20-5-3-15(22)11-18(20)19-12-16(23)4-6-21(19)25/h3-6,11-12,17,26H,7-10,13-14H2,1-2H3/t17-/m0/s1. The van der Waals surface area contributed by atoms with E-state index in [9.17, 15) is 5.11 Å². The van der Waals surface area contributed by atoms with E-state index in [1.165, 1.54) is 17.9 Å². The lowest BCUT2D eigenvalue weighted by atomic mass is 10.2. The van der Waals surface area contributed by atoms with Gasteiger partial charge in [-0.25, -0.2) is 0 Å². The van der Waals surface area contributed by atoms with E-state index in [4.69, 9.17) is 9.47 Å². The second-order valence-corrected chi connectivity index (χ2v) is 9.36. The molecule has 0 spiro atoms. The molecule has 0 fully saturated rings. The molecule has 0 bridgehead atoms. The molecule has 7 heteroatoms. The zero-order valence-corrected chi connectivity index (χ0v) is 20.5. The van der Waals surface area contributed by atoms with Crippen molar-refractivity contribution in [1.82, 2.24) is 9.47 Å². The normalized spacial score (nSPS) is 13.1. The molecule has 0 saturated carbocycles. The summed E-state index contributed by atoms with van der Waals surface area (Å²) in [5.74, 6) is 0. The number of aliphatic hydroxyl groups excluding tert-OH is 1. The second-order valence-electron chi connectivity index (χ2n) is 6.87. The van der Waals surface area contributed by atoms with Gasteiger partial charge in [0.25, 0.3) is 0 Å². The van der Waals surface area contributed by atoms with Crippen LogP contribution in [0, 0.1) is 7.14 Å². The number of fused-ring (bicyclic) bond motifs is 3. The number of ether oxygens (including phenoxy) is 2. The molecule has 3 rings (SSSR count). The van der Waals surface area contributed by atoms with Gasteiger partial charge in [-0.3, -0.25) is 4.90 Å². The van der Waals surface area contributed by atoms with Crippen LogP contribution in [0.3, 0.4) is 0 Å². The number of nitrogens with zero attached hydrogens (tertiary/aromatic N) is 2. The molecule has 1 atom stereocenters. The molecule has 3 aromatic rings. The maximum atomic E-state index is 10.9. The summed E-state index contributed by atoms with van der Waals surface area (Å²) >= 11 is 4.71. The number of benzene rings is 2. The van der Waals surface area contributed by atoms with Gasteiger partial charge in [0.1, 0.15) is 0 Å². The number of rotatable bonds is 10. The van der Waals surface area contributed by atoms with Gasteiger partial charge < -0.3 is 19.1 Å². The van der Waals surface area contributed by atoms with Crippen LogP contribution in [-0.2, 0) is 16.0 Å². The van der Waals surface area contributed by atoms with Gasteiger partial charge >= 0.3 is 0 Å². The van der Waals surface area contributed by atoms with Crippen molar-refractivity contribution in [2.45, 2.75) is 12.6 Å². The fourth-order valence-electron chi connectivity index (χ4n) is 3.55. The minimum atomic E-state index is -0.480. The zero-order valence-electron chi connectivity index (χ0n) is 16.2. The minimum absolute atomic E-state index is 0.480. The first-order valence-electron chi connectivity index (χ1n) is 9.28. The number of hydrogen-bond donors (Lipinski definition) is 1. The molecule has 152 valence electrons. The number of hydrogen-bond acceptors (Lipinski definition) is 4. The van der Waals surface area contributed by atoms with E-state index in [1.54, 1.807) is 14.2 Å². The molecule has 1 heterocycles. The quantitative estimate of drug-likeness (QED) is 0.355. The molecular weight excluding hydrogens is 582 g/mol. The van der Waals surface area contributed by atoms with Gasteiger partial charge in [-0.1, -0.05) is 0 Å². The molecule has 2 aromatic carbocycles. The Morgan fingerprint density at radius 1 is 0.929 bits per heavy atom. The maximum Gasteiger partial charge on any atom is 0.0846 e. The van der Waals surface area contributed by atoms with E-state index in [0.717, 1.165) is 24.1 Å². The van der Waals surface area contributed by atoms with E-state index < -0.39 is 6.10 Å². The monoisotopic (exact) mass is 608 g/mol. The van der Waals surface area contributed by atoms with Crippen molar-refractivity contribution < 1.29 is 14.6 Å². The molecule has 0 amide bonds. The third-order valence-electron chi connectivity index (χ3n) is 4.87. The average molecular weight is 608 g/mol. The topological polar surface area (TPSA) is 46.9 Å². The van der Waals surface area contributed by atoms with Gasteiger partial charge in [-0.2, -0.15) is 0 Å². The number of methoxy groups -OCH3 is 2. The Morgan fingerprint density at radius 3 is 1.89 bits per heavy atom. The van der Waals surface area contributed by atoms with Crippen LogP contribution in [0.5, 0.6) is 0 Å². The van der Waals surface area contributed by atoms with Crippen LogP contribution in [0.2, 0.25) is 0 Å². The summed E-state index contributed by atoms with van der Waals surface area (Å²) in [4.78, 5) is 2.19. The first-order chi connectivity index (χ1) is 13.5. The van der Waals surface area contributed by atoms with Crippen molar-refractivity contribution in [2.75, 3.05) is 47.1 Å². The lowest BCUT2D eigenvalue weighted by molar-refractivity contribution is 0.0636. The van der Waals surface area contributed by atoms with Crippen LogP contribution in [0.1, 0.15) is 0 Å². The lowest BCUT2D eigenvalue weighted by Crippen LogP contribution is -2.38. The third kappa shape index (κ3) is 5.37. The van der Waals surface area contributed by atoms with E-state index in [-0.39, 0.29) is 0 Å². The minimum Gasteiger partial charge on any atom is -0.390 e. The van der Waals surface area contributed by atoms with Gasteiger partial charge in [0, 0.05) is 62.8 Å². The van der Waals surface area contributed by atoms with Crippen LogP contribution in [-0.4, -0.2) is 67.7 Å². The summed E-state index contributed by atoms with van der Waals surface area (Å²) in [5, 5.41) is 13.3. The van der Waals surface area contributed by atoms with Crippen molar-refractivity contribution in [3.8, 4) is 0 Å². The molecule has 0 aliphatic rings. The van der Waals surface area contributed by atoms with Crippen molar-refractivity contribution in [1.29, 1.82) is 0 Å². The van der Waals surface area contributed by atoms with Gasteiger partial charge in [-0.15, -0.1) is 0 Å². The van der Waals surface area contributed by atoms with E-state index in [2.05, 4.69) is 91.0 Å². The van der Waals surface area contributed by atoms with Crippen LogP contribution in [0.15, 0.2) is 36.4 Å². The van der Waals surface area contributed by atoms with Crippen LogP contribution in [0.4, 0.5) is 0 Å². The molecule has 0 aliphatic heterocycles. The lowest BCUT2D eigenvalue weighted by Gasteiger charge is -2.25. The smallest absolute Gasteiger partial charge is 0.0846 e. The summed E-state index contributed by atoms with van der Waals surface area (Å²) in [6.07, 6.45) is -0.480. The van der Waals surface area contributed by atoms with Gasteiger partial charge in [0.05, 0.1) is 25.9 Å². The molecular formula is C21H26I2N2O3. The molecule has 1 aromatic heterocycles. The third-order valence-corrected chi connectivity index (χ3v) is 6.22. The predicted octanol–water partition coefficient (Wildman–Crippen LogP) is 3.96. The Bertz CT molecular complexity index is 862. The van der Waals surface area contributed by atoms with Crippen LogP contribution >= 0.6 is 45.2 Å². The van der Waals surface area contributed by atoms with Crippen molar-refractivity contribution in [2.24, 2.45) is 0 Å². The summed E-state index contributed by atoms with van der Waals surface area (Å²) in [6, 6.07) is 13.0. The largest absolute Gasteiger partial charge is 0.390 e. The SMILES string of the molecule is COCCN(CCOC)C[C@H](O)Cn1c2ccc(I)cc2c2cc(I)ccc21. The van der Waals surface area contributed by atoms with Gasteiger partial charge in [0.2, 0.25) is 0 Å². The molecule has 0 aliphatic carbocycles. The molecule has 0 radical (unpaired) electrons. The first-order valence-corrected chi connectivity index (χ1v) is 11.4. The summed E-state index contributed by atoms with van der Waals surface area (Å²) in [5.41, 5.74) is 2.33. The van der Waals surface area contributed by atoms with Crippen molar-refractivity contribution >= 4 is 67.0 Å². The summed E-state index contributed by atoms with van der Waals surface area (Å²) in [7, 11) is 3.40. The number of aliphatic hydroxyl groups is 1.